The van der Waals surface area contributed by atoms with Crippen LogP contribution in [0.4, 0.5) is 0 Å². The summed E-state index contributed by atoms with van der Waals surface area (Å²) in [4.78, 5) is 69.8. The van der Waals surface area contributed by atoms with Crippen LogP contribution in [0.1, 0.15) is 82.3 Å². The second-order valence-electron chi connectivity index (χ2n) is 9.46. The number of ether oxygens (including phenoxy) is 1. The van der Waals surface area contributed by atoms with E-state index in [4.69, 9.17) is 14.9 Å². The normalized spacial score (nSPS) is 15.4. The number of aromatic carboxylic acids is 2. The van der Waals surface area contributed by atoms with Crippen LogP contribution in [0, 0.1) is 0 Å². The molecule has 5 N–H and O–H groups in total. The van der Waals surface area contributed by atoms with Crippen molar-refractivity contribution in [2.75, 3.05) is 7.11 Å². The molecule has 2 aliphatic rings. The first-order valence-electron chi connectivity index (χ1n) is 12.2. The minimum Gasteiger partial charge on any atom is -0.507 e. The molecule has 12 nitrogen and oxygen atoms in total. The Balaban J connectivity index is 0.000000226. The smallest absolute Gasteiger partial charge is 0.335 e. The molecule has 2 atom stereocenters. The third-order valence-electron chi connectivity index (χ3n) is 6.15. The highest BCUT2D eigenvalue weighted by atomic mass is 16.5. The van der Waals surface area contributed by atoms with Crippen LogP contribution in [0.15, 0.2) is 42.2 Å². The number of Topliss-reactive ketones (excluding diaryl/α,β-unsaturated/α-hetero) is 2. The maximum Gasteiger partial charge on any atom is 0.335 e. The van der Waals surface area contributed by atoms with E-state index in [9.17, 15) is 44.1 Å². The van der Waals surface area contributed by atoms with Crippen molar-refractivity contribution in [3.63, 3.8) is 0 Å². The Hall–Kier alpha value is -4.94. The molecule has 2 unspecified atom stereocenters. The van der Waals surface area contributed by atoms with Gasteiger partial charge in [0.05, 0.1) is 30.4 Å². The van der Waals surface area contributed by atoms with Crippen LogP contribution in [-0.4, -0.2) is 79.9 Å². The molecule has 0 aromatic heterocycles. The van der Waals surface area contributed by atoms with Gasteiger partial charge in [0, 0.05) is 34.4 Å². The van der Waals surface area contributed by atoms with E-state index < -0.39 is 53.0 Å². The van der Waals surface area contributed by atoms with Gasteiger partial charge in [-0.25, -0.2) is 9.59 Å². The van der Waals surface area contributed by atoms with Gasteiger partial charge < -0.3 is 30.3 Å². The molecule has 0 radical (unpaired) electrons. The van der Waals surface area contributed by atoms with Crippen molar-refractivity contribution in [1.82, 2.24) is 0 Å². The summed E-state index contributed by atoms with van der Waals surface area (Å²) < 4.78 is 4.85. The first-order valence-corrected chi connectivity index (χ1v) is 12.2. The summed E-state index contributed by atoms with van der Waals surface area (Å²) in [5.41, 5.74) is 0.458. The fourth-order valence-corrected chi connectivity index (χ4v) is 4.50. The molecule has 0 heterocycles. The molecule has 2 aliphatic carbocycles. The van der Waals surface area contributed by atoms with E-state index in [1.165, 1.54) is 33.1 Å². The zero-order chi connectivity index (χ0) is 30.8. The largest absolute Gasteiger partial charge is 0.507 e. The number of allylic oxidation sites excluding steroid dienone is 3. The van der Waals surface area contributed by atoms with Gasteiger partial charge in [0.25, 0.3) is 0 Å². The molecular weight excluding hydrogens is 540 g/mol. The van der Waals surface area contributed by atoms with Gasteiger partial charge in [-0.2, -0.15) is 0 Å². The minimum atomic E-state index is -1.26. The van der Waals surface area contributed by atoms with Crippen LogP contribution < -0.4 is 0 Å². The molecule has 0 spiro atoms. The van der Waals surface area contributed by atoms with Crippen LogP contribution in [0.3, 0.4) is 0 Å². The number of ketones is 4. The monoisotopic (exact) mass is 566 g/mol. The lowest BCUT2D eigenvalue weighted by Gasteiger charge is -2.19. The van der Waals surface area contributed by atoms with Crippen molar-refractivity contribution in [2.24, 2.45) is 0 Å². The van der Waals surface area contributed by atoms with Gasteiger partial charge in [0.2, 0.25) is 17.3 Å². The zero-order valence-corrected chi connectivity index (χ0v) is 22.1. The summed E-state index contributed by atoms with van der Waals surface area (Å²) in [6, 6.07) is 4.81. The fourth-order valence-electron chi connectivity index (χ4n) is 4.50. The summed E-state index contributed by atoms with van der Waals surface area (Å²) in [5.74, 6) is -5.73. The number of rotatable bonds is 7. The van der Waals surface area contributed by atoms with Gasteiger partial charge in [-0.15, -0.1) is 0 Å². The topological polar surface area (TPSA) is 213 Å². The Morgan fingerprint density at radius 1 is 0.732 bits per heavy atom. The lowest BCUT2D eigenvalue weighted by Crippen LogP contribution is -2.22. The quantitative estimate of drug-likeness (QED) is 0.305. The summed E-state index contributed by atoms with van der Waals surface area (Å²) >= 11 is 0. The molecule has 214 valence electrons. The zero-order valence-electron chi connectivity index (χ0n) is 22.1. The van der Waals surface area contributed by atoms with Crippen LogP contribution >= 0.6 is 0 Å². The van der Waals surface area contributed by atoms with E-state index in [1.807, 2.05) is 0 Å². The van der Waals surface area contributed by atoms with Crippen LogP contribution in [-0.2, 0) is 22.4 Å². The molecule has 0 fully saturated rings. The summed E-state index contributed by atoms with van der Waals surface area (Å²) in [6.07, 6.45) is 0.465. The second kappa shape index (κ2) is 12.1. The SMILES string of the molecule is CC(O)Cc1cc(C(=O)O)cc2c1C(O)=CC(=O)C2=O.COC1=CC(=O)c2c(CC(C)O)cc(C(=O)O)cc2C1=O. The molecule has 0 aliphatic heterocycles. The van der Waals surface area contributed by atoms with E-state index in [1.54, 1.807) is 0 Å². The van der Waals surface area contributed by atoms with Crippen LogP contribution in [0.5, 0.6) is 0 Å². The van der Waals surface area contributed by atoms with Crippen molar-refractivity contribution in [3.05, 3.63) is 86.7 Å². The van der Waals surface area contributed by atoms with Crippen molar-refractivity contribution in [2.45, 2.75) is 38.9 Å². The number of carbonyl (C=O) groups excluding carboxylic acids is 4. The third kappa shape index (κ3) is 6.45. The highest BCUT2D eigenvalue weighted by Gasteiger charge is 2.31. The second-order valence-corrected chi connectivity index (χ2v) is 9.46. The molecule has 2 aromatic carbocycles. The first kappa shape index (κ1) is 30.6. The van der Waals surface area contributed by atoms with Crippen molar-refractivity contribution >= 4 is 40.8 Å². The number of carboxylic acid groups (broad SMARTS) is 2. The van der Waals surface area contributed by atoms with Gasteiger partial charge in [-0.05, 0) is 62.1 Å². The number of methoxy groups -OCH3 is 1. The maximum absolute atomic E-state index is 12.2. The predicted octanol–water partition coefficient (Wildman–Crippen LogP) is 2.19. The molecule has 0 saturated heterocycles. The molecule has 4 rings (SSSR count). The maximum atomic E-state index is 12.2. The predicted molar refractivity (Wildman–Crippen MR) is 141 cm³/mol. The average molecular weight is 567 g/mol. The molecule has 0 bridgehead atoms. The summed E-state index contributed by atoms with van der Waals surface area (Å²) in [5, 5.41) is 46.9. The Kier molecular flexibility index (Phi) is 9.00. The molecule has 12 heteroatoms. The molecule has 41 heavy (non-hydrogen) atoms. The highest BCUT2D eigenvalue weighted by molar-refractivity contribution is 6.50. The number of hydrogen-bond donors (Lipinski definition) is 5. The van der Waals surface area contributed by atoms with E-state index in [2.05, 4.69) is 0 Å². The number of benzene rings is 2. The number of hydrogen-bond acceptors (Lipinski definition) is 10. The van der Waals surface area contributed by atoms with Crippen molar-refractivity contribution < 1.29 is 59.0 Å². The van der Waals surface area contributed by atoms with Crippen LogP contribution in [0.2, 0.25) is 0 Å². The molecule has 0 amide bonds. The van der Waals surface area contributed by atoms with Gasteiger partial charge in [-0.3, -0.25) is 19.2 Å². The lowest BCUT2D eigenvalue weighted by molar-refractivity contribution is -0.111. The standard InChI is InChI=1S/C15H14O6.C14H12O6/c1-7(16)3-8-4-9(15(19)20)5-10-13(8)11(17)6-12(21-2)14(10)18;1-6(15)2-7-3-8(14(19)20)4-9-12(7)10(16)5-11(17)13(9)18/h4-7,16H,3H2,1-2H3,(H,19,20);3-6,15-16H,2H2,1H3,(H,19,20). The van der Waals surface area contributed by atoms with E-state index in [-0.39, 0.29) is 52.0 Å². The third-order valence-corrected chi connectivity index (χ3v) is 6.15. The number of carboxylic acids is 2. The van der Waals surface area contributed by atoms with E-state index in [0.717, 1.165) is 24.3 Å². The number of fused-ring (bicyclic) bond motifs is 2. The lowest BCUT2D eigenvalue weighted by atomic mass is 9.86. The Morgan fingerprint density at radius 2 is 1.20 bits per heavy atom. The van der Waals surface area contributed by atoms with Crippen molar-refractivity contribution in [3.8, 4) is 0 Å². The Morgan fingerprint density at radius 3 is 1.63 bits per heavy atom. The fraction of sp³-hybridized carbons (Fsp3) is 0.241. The first-order chi connectivity index (χ1) is 19.2. The molecule has 2 aromatic rings. The number of carbonyl (C=O) groups is 6. The number of aliphatic hydroxyl groups excluding tert-OH is 3. The van der Waals surface area contributed by atoms with Gasteiger partial charge in [0.15, 0.2) is 11.5 Å². The van der Waals surface area contributed by atoms with E-state index in [0.29, 0.717) is 11.1 Å². The van der Waals surface area contributed by atoms with Gasteiger partial charge in [-0.1, -0.05) is 0 Å². The van der Waals surface area contributed by atoms with Gasteiger partial charge in [0.1, 0.15) is 5.76 Å². The molecular formula is C29H26O12. The minimum absolute atomic E-state index is 0.00472. The van der Waals surface area contributed by atoms with Crippen molar-refractivity contribution in [1.29, 1.82) is 0 Å². The summed E-state index contributed by atoms with van der Waals surface area (Å²) in [7, 11) is 1.26. The van der Waals surface area contributed by atoms with Gasteiger partial charge >= 0.3 is 11.9 Å². The van der Waals surface area contributed by atoms with E-state index >= 15 is 0 Å². The molecule has 0 saturated carbocycles. The Bertz CT molecular complexity index is 1560. The Labute approximate surface area is 232 Å². The van der Waals surface area contributed by atoms with Crippen LogP contribution in [0.25, 0.3) is 5.76 Å². The summed E-state index contributed by atoms with van der Waals surface area (Å²) in [6.45, 7) is 3.02. The highest BCUT2D eigenvalue weighted by Crippen LogP contribution is 2.30. The average Bonchev–Trinajstić information content (AvgIpc) is 2.88. The number of aliphatic hydroxyl groups is 3.